The fraction of sp³-hybridized carbons (Fsp3) is 0.667. The molecule has 0 N–H and O–H groups in total. The van der Waals surface area contributed by atoms with Crippen molar-refractivity contribution in [2.45, 2.75) is 129 Å². The summed E-state index contributed by atoms with van der Waals surface area (Å²) in [7, 11) is 5.35. The van der Waals surface area contributed by atoms with E-state index in [1.807, 2.05) is 12.2 Å². The first-order valence-electron chi connectivity index (χ1n) is 17.8. The van der Waals surface area contributed by atoms with Crippen LogP contribution in [0.4, 0.5) is 0 Å². The van der Waals surface area contributed by atoms with E-state index >= 15 is 0 Å². The third-order valence-corrected chi connectivity index (χ3v) is 7.41. The van der Waals surface area contributed by atoms with Gasteiger partial charge in [0.2, 0.25) is 0 Å². The number of nitrogens with zero attached hydrogens (tertiary/aromatic N) is 1. The standard InChI is InChI=1S/C39H65NO7/c1-6-8-10-12-14-15-16-17-18-19-20-21-22-24-25-27-29-37(41)46-34-35(33-45-32-31-36(39(43)44)40(3,4)5)47-38(42)30-28-26-23-13-11-9-7-2/h8-11,14-15,17-18,23,26,35-36H,6-7,12-13,16,19-22,24-25,27-34H2,1-5H3/b10-8+,11-9+,15-14+,18-17+,26-23+. The summed E-state index contributed by atoms with van der Waals surface area (Å²) in [5, 5.41) is 11.5. The zero-order valence-electron chi connectivity index (χ0n) is 30.2. The van der Waals surface area contributed by atoms with Crippen molar-refractivity contribution in [1.29, 1.82) is 0 Å². The minimum absolute atomic E-state index is 0.0100. The van der Waals surface area contributed by atoms with E-state index in [0.717, 1.165) is 64.2 Å². The number of hydrogen-bond acceptors (Lipinski definition) is 7. The number of carbonyl (C=O) groups excluding carboxylic acids is 3. The number of esters is 2. The molecule has 0 rings (SSSR count). The van der Waals surface area contributed by atoms with Gasteiger partial charge in [-0.25, -0.2) is 0 Å². The number of allylic oxidation sites excluding steroid dienone is 10. The zero-order valence-corrected chi connectivity index (χ0v) is 30.2. The smallest absolute Gasteiger partial charge is 0.306 e. The second-order valence-corrected chi connectivity index (χ2v) is 12.7. The first-order valence-corrected chi connectivity index (χ1v) is 17.8. The van der Waals surface area contributed by atoms with Gasteiger partial charge in [-0.3, -0.25) is 9.59 Å². The summed E-state index contributed by atoms with van der Waals surface area (Å²) in [6.45, 7) is 4.28. The van der Waals surface area contributed by atoms with Crippen LogP contribution in [0.3, 0.4) is 0 Å². The van der Waals surface area contributed by atoms with Crippen molar-refractivity contribution >= 4 is 17.9 Å². The van der Waals surface area contributed by atoms with E-state index in [0.29, 0.717) is 12.8 Å². The molecule has 0 aromatic rings. The van der Waals surface area contributed by atoms with Gasteiger partial charge in [-0.05, 0) is 57.8 Å². The summed E-state index contributed by atoms with van der Waals surface area (Å²) in [6, 6.07) is -0.736. The van der Waals surface area contributed by atoms with E-state index in [1.54, 1.807) is 21.1 Å². The maximum atomic E-state index is 12.5. The van der Waals surface area contributed by atoms with E-state index in [2.05, 4.69) is 62.5 Å². The van der Waals surface area contributed by atoms with Crippen molar-refractivity contribution in [3.8, 4) is 0 Å². The number of carboxylic acid groups (broad SMARTS) is 1. The lowest BCUT2D eigenvalue weighted by Gasteiger charge is -2.34. The fourth-order valence-corrected chi connectivity index (χ4v) is 4.67. The molecule has 0 fully saturated rings. The third kappa shape index (κ3) is 28.9. The number of hydrogen-bond donors (Lipinski definition) is 0. The average molecular weight is 660 g/mol. The van der Waals surface area contributed by atoms with E-state index in [1.165, 1.54) is 12.8 Å². The third-order valence-electron chi connectivity index (χ3n) is 7.41. The van der Waals surface area contributed by atoms with Gasteiger partial charge in [-0.15, -0.1) is 0 Å². The van der Waals surface area contributed by atoms with Crippen molar-refractivity contribution in [1.82, 2.24) is 0 Å². The van der Waals surface area contributed by atoms with Gasteiger partial charge in [-0.2, -0.15) is 0 Å². The van der Waals surface area contributed by atoms with Crippen LogP contribution in [0, 0.1) is 0 Å². The molecular weight excluding hydrogens is 594 g/mol. The maximum absolute atomic E-state index is 12.5. The highest BCUT2D eigenvalue weighted by atomic mass is 16.6. The van der Waals surface area contributed by atoms with Gasteiger partial charge in [0.15, 0.2) is 6.10 Å². The number of carboxylic acids is 1. The van der Waals surface area contributed by atoms with E-state index in [-0.39, 0.29) is 43.1 Å². The Morgan fingerprint density at radius 1 is 0.638 bits per heavy atom. The predicted molar refractivity (Wildman–Crippen MR) is 189 cm³/mol. The molecule has 8 heteroatoms. The molecule has 0 aliphatic rings. The molecule has 0 saturated heterocycles. The van der Waals surface area contributed by atoms with Crippen LogP contribution in [-0.4, -0.2) is 75.5 Å². The first kappa shape index (κ1) is 44.0. The molecule has 0 heterocycles. The van der Waals surface area contributed by atoms with Crippen LogP contribution < -0.4 is 5.11 Å². The van der Waals surface area contributed by atoms with Crippen LogP contribution in [0.15, 0.2) is 60.8 Å². The number of likely N-dealkylation sites (N-methyl/N-ethyl adjacent to an activating group) is 1. The minimum Gasteiger partial charge on any atom is -0.544 e. The lowest BCUT2D eigenvalue weighted by Crippen LogP contribution is -2.55. The van der Waals surface area contributed by atoms with Crippen molar-refractivity contribution in [3.63, 3.8) is 0 Å². The van der Waals surface area contributed by atoms with E-state index < -0.39 is 24.1 Å². The van der Waals surface area contributed by atoms with Gasteiger partial charge >= 0.3 is 11.9 Å². The van der Waals surface area contributed by atoms with Gasteiger partial charge in [0.1, 0.15) is 12.6 Å². The highest BCUT2D eigenvalue weighted by Crippen LogP contribution is 2.11. The highest BCUT2D eigenvalue weighted by Gasteiger charge is 2.25. The van der Waals surface area contributed by atoms with Gasteiger partial charge in [0, 0.05) is 19.3 Å². The zero-order chi connectivity index (χ0) is 35.0. The normalized spacial score (nSPS) is 13.8. The number of carbonyl (C=O) groups is 3. The Hall–Kier alpha value is -2.97. The van der Waals surface area contributed by atoms with Gasteiger partial charge in [-0.1, -0.05) is 100 Å². The Bertz CT molecular complexity index is 959. The van der Waals surface area contributed by atoms with Crippen LogP contribution in [0.25, 0.3) is 0 Å². The summed E-state index contributed by atoms with van der Waals surface area (Å²) in [5.41, 5.74) is 0. The molecule has 268 valence electrons. The monoisotopic (exact) mass is 659 g/mol. The summed E-state index contributed by atoms with van der Waals surface area (Å²) < 4.78 is 16.9. The van der Waals surface area contributed by atoms with Crippen molar-refractivity contribution in [2.24, 2.45) is 0 Å². The summed E-state index contributed by atoms with van der Waals surface area (Å²) in [5.74, 6) is -1.86. The Balaban J connectivity index is 4.42. The van der Waals surface area contributed by atoms with Crippen LogP contribution >= 0.6 is 0 Å². The molecule has 8 nitrogen and oxygen atoms in total. The Morgan fingerprint density at radius 3 is 1.74 bits per heavy atom. The lowest BCUT2D eigenvalue weighted by atomic mass is 10.1. The minimum atomic E-state index is -1.14. The second kappa shape index (κ2) is 30.4. The molecule has 2 unspecified atom stereocenters. The number of quaternary nitrogens is 1. The number of rotatable bonds is 30. The Labute approximate surface area is 286 Å². The number of ether oxygens (including phenoxy) is 3. The van der Waals surface area contributed by atoms with Crippen LogP contribution in [-0.2, 0) is 28.6 Å². The molecule has 0 aliphatic heterocycles. The molecule has 0 spiro atoms. The second-order valence-electron chi connectivity index (χ2n) is 12.7. The SMILES string of the molecule is CC/C=C/C/C=C/C/C=C/CCCCCCCCC(=O)OCC(COCCC(C(=O)[O-])[N+](C)(C)C)OC(=O)CC/C=C/C/C=C/CC. The molecule has 2 atom stereocenters. The highest BCUT2D eigenvalue weighted by molar-refractivity contribution is 5.70. The molecular formula is C39H65NO7. The van der Waals surface area contributed by atoms with Gasteiger partial charge in [0.25, 0.3) is 0 Å². The maximum Gasteiger partial charge on any atom is 0.306 e. The quantitative estimate of drug-likeness (QED) is 0.0344. The van der Waals surface area contributed by atoms with Crippen molar-refractivity contribution in [2.75, 3.05) is 41.0 Å². The number of unbranched alkanes of at least 4 members (excludes halogenated alkanes) is 6. The molecule has 0 radical (unpaired) electrons. The van der Waals surface area contributed by atoms with E-state index in [9.17, 15) is 19.5 Å². The van der Waals surface area contributed by atoms with Gasteiger partial charge in [0.05, 0.1) is 40.3 Å². The Morgan fingerprint density at radius 2 is 1.17 bits per heavy atom. The van der Waals surface area contributed by atoms with Crippen LogP contribution in [0.5, 0.6) is 0 Å². The summed E-state index contributed by atoms with van der Waals surface area (Å²) in [6.07, 6.45) is 34.3. The molecule has 0 aromatic heterocycles. The van der Waals surface area contributed by atoms with E-state index in [4.69, 9.17) is 14.2 Å². The number of aliphatic carboxylic acids is 1. The lowest BCUT2D eigenvalue weighted by molar-refractivity contribution is -0.889. The molecule has 0 aromatic carbocycles. The average Bonchev–Trinajstić information content (AvgIpc) is 3.01. The van der Waals surface area contributed by atoms with Crippen LogP contribution in [0.2, 0.25) is 0 Å². The first-order chi connectivity index (χ1) is 22.6. The van der Waals surface area contributed by atoms with Crippen molar-refractivity contribution < 1.29 is 38.2 Å². The molecule has 47 heavy (non-hydrogen) atoms. The summed E-state index contributed by atoms with van der Waals surface area (Å²) in [4.78, 5) is 36.4. The Kier molecular flexibility index (Phi) is 28.4. The van der Waals surface area contributed by atoms with Gasteiger partial charge < -0.3 is 28.6 Å². The molecule has 0 saturated carbocycles. The summed E-state index contributed by atoms with van der Waals surface area (Å²) >= 11 is 0. The van der Waals surface area contributed by atoms with Crippen molar-refractivity contribution in [3.05, 3.63) is 60.8 Å². The largest absolute Gasteiger partial charge is 0.544 e. The molecule has 0 amide bonds. The topological polar surface area (TPSA) is 102 Å². The molecule has 0 aliphatic carbocycles. The fourth-order valence-electron chi connectivity index (χ4n) is 4.67. The predicted octanol–water partition coefficient (Wildman–Crippen LogP) is 7.35. The molecule has 0 bridgehead atoms. The van der Waals surface area contributed by atoms with Crippen LogP contribution in [0.1, 0.15) is 117 Å².